The second-order valence-corrected chi connectivity index (χ2v) is 6.65. The number of Topliss-reactive ketones (excluding diaryl/α,β-unsaturated/α-hetero) is 1. The number of benzene rings is 1. The van der Waals surface area contributed by atoms with Gasteiger partial charge in [-0.2, -0.15) is 0 Å². The van der Waals surface area contributed by atoms with Crippen LogP contribution in [-0.2, 0) is 4.74 Å². The second-order valence-electron chi connectivity index (χ2n) is 5.80. The van der Waals surface area contributed by atoms with Crippen LogP contribution < -0.4 is 5.32 Å². The van der Waals surface area contributed by atoms with E-state index in [0.717, 1.165) is 0 Å². The van der Waals surface area contributed by atoms with Gasteiger partial charge in [-0.1, -0.05) is 0 Å². The molecule has 0 radical (unpaired) electrons. The highest BCUT2D eigenvalue weighted by Gasteiger charge is 2.20. The molecule has 4 nitrogen and oxygen atoms in total. The highest BCUT2D eigenvalue weighted by molar-refractivity contribution is 9.10. The van der Waals surface area contributed by atoms with Gasteiger partial charge in [0.15, 0.2) is 5.78 Å². The molecule has 1 N–H and O–H groups in total. The van der Waals surface area contributed by atoms with Gasteiger partial charge in [-0.05, 0) is 61.8 Å². The van der Waals surface area contributed by atoms with Crippen molar-refractivity contribution in [1.82, 2.24) is 5.32 Å². The summed E-state index contributed by atoms with van der Waals surface area (Å²) >= 11 is 3.16. The molecule has 0 heterocycles. The first-order chi connectivity index (χ1) is 9.58. The number of nitrogens with one attached hydrogen (secondary N) is 1. The summed E-state index contributed by atoms with van der Waals surface area (Å²) < 4.78 is 18.5. The van der Waals surface area contributed by atoms with Crippen LogP contribution in [0.1, 0.15) is 44.5 Å². The van der Waals surface area contributed by atoms with Gasteiger partial charge in [0, 0.05) is 22.5 Å². The third-order valence-corrected chi connectivity index (χ3v) is 3.14. The van der Waals surface area contributed by atoms with Crippen LogP contribution in [0.3, 0.4) is 0 Å². The van der Waals surface area contributed by atoms with Crippen molar-refractivity contribution in [3.63, 3.8) is 0 Å². The first-order valence-corrected chi connectivity index (χ1v) is 7.35. The summed E-state index contributed by atoms with van der Waals surface area (Å²) in [6, 6.07) is 3.50. The summed E-state index contributed by atoms with van der Waals surface area (Å²) in [4.78, 5) is 23.7. The van der Waals surface area contributed by atoms with E-state index in [1.165, 1.54) is 18.2 Å². The largest absolute Gasteiger partial charge is 0.444 e. The van der Waals surface area contributed by atoms with E-state index in [4.69, 9.17) is 4.74 Å². The number of hydrogen-bond donors (Lipinski definition) is 1. The van der Waals surface area contributed by atoms with Crippen LogP contribution in [0.4, 0.5) is 9.18 Å². The Morgan fingerprint density at radius 1 is 1.38 bits per heavy atom. The molecule has 1 aromatic rings. The van der Waals surface area contributed by atoms with E-state index in [9.17, 15) is 14.0 Å². The van der Waals surface area contributed by atoms with Crippen molar-refractivity contribution < 1.29 is 18.7 Å². The molecule has 0 saturated heterocycles. The lowest BCUT2D eigenvalue weighted by atomic mass is 10.0. The Kier molecular flexibility index (Phi) is 5.89. The number of ketones is 1. The fraction of sp³-hybridized carbons (Fsp3) is 0.467. The Morgan fingerprint density at radius 2 is 2.00 bits per heavy atom. The maximum Gasteiger partial charge on any atom is 0.407 e. The van der Waals surface area contributed by atoms with Crippen LogP contribution >= 0.6 is 15.9 Å². The van der Waals surface area contributed by atoms with Crippen molar-refractivity contribution in [2.75, 3.05) is 0 Å². The summed E-state index contributed by atoms with van der Waals surface area (Å²) in [5.74, 6) is -0.608. The summed E-state index contributed by atoms with van der Waals surface area (Å²) in [7, 11) is 0. The predicted molar refractivity (Wildman–Crippen MR) is 81.9 cm³/mol. The maximum absolute atomic E-state index is 13.0. The minimum Gasteiger partial charge on any atom is -0.444 e. The van der Waals surface area contributed by atoms with Crippen molar-refractivity contribution >= 4 is 27.8 Å². The molecule has 0 saturated carbocycles. The average Bonchev–Trinajstić information content (AvgIpc) is 2.24. The van der Waals surface area contributed by atoms with E-state index < -0.39 is 17.5 Å². The molecule has 0 spiro atoms. The Hall–Kier alpha value is -1.43. The SMILES string of the molecule is CC(CC(=O)c1ccc(F)cc1Br)NC(=O)OC(C)(C)C. The Labute approximate surface area is 132 Å². The van der Waals surface area contributed by atoms with Crippen molar-refractivity contribution in [3.05, 3.63) is 34.1 Å². The van der Waals surface area contributed by atoms with Crippen molar-refractivity contribution in [2.24, 2.45) is 0 Å². The number of alkyl carbamates (subject to hydrolysis) is 1. The van der Waals surface area contributed by atoms with Crippen LogP contribution in [-0.4, -0.2) is 23.5 Å². The molecule has 1 aromatic carbocycles. The maximum atomic E-state index is 13.0. The number of amides is 1. The van der Waals surface area contributed by atoms with Crippen LogP contribution in [0, 0.1) is 5.82 Å². The molecule has 0 aliphatic heterocycles. The molecule has 6 heteroatoms. The van der Waals surface area contributed by atoms with Crippen LogP contribution in [0.25, 0.3) is 0 Å². The molecule has 21 heavy (non-hydrogen) atoms. The monoisotopic (exact) mass is 359 g/mol. The van der Waals surface area contributed by atoms with E-state index in [0.29, 0.717) is 10.0 Å². The summed E-state index contributed by atoms with van der Waals surface area (Å²) in [6.45, 7) is 6.99. The zero-order valence-corrected chi connectivity index (χ0v) is 14.1. The Balaban J connectivity index is 2.60. The van der Waals surface area contributed by atoms with Crippen molar-refractivity contribution in [3.8, 4) is 0 Å². The van der Waals surface area contributed by atoms with Gasteiger partial charge in [0.1, 0.15) is 11.4 Å². The number of halogens is 2. The smallest absolute Gasteiger partial charge is 0.407 e. The standard InChI is InChI=1S/C15H19BrFNO3/c1-9(18-14(20)21-15(2,3)4)7-13(19)11-6-5-10(17)8-12(11)16/h5-6,8-9H,7H2,1-4H3,(H,18,20). The number of rotatable bonds is 4. The van der Waals surface area contributed by atoms with Crippen LogP contribution in [0.5, 0.6) is 0 Å². The first kappa shape index (κ1) is 17.6. The van der Waals surface area contributed by atoms with Gasteiger partial charge in [-0.15, -0.1) is 0 Å². The molecule has 1 unspecified atom stereocenters. The molecular weight excluding hydrogens is 341 g/mol. The summed E-state index contributed by atoms with van der Waals surface area (Å²) in [5, 5.41) is 2.60. The highest BCUT2D eigenvalue weighted by atomic mass is 79.9. The molecule has 0 aromatic heterocycles. The number of hydrogen-bond acceptors (Lipinski definition) is 3. The van der Waals surface area contributed by atoms with Gasteiger partial charge in [-0.3, -0.25) is 4.79 Å². The van der Waals surface area contributed by atoms with E-state index in [-0.39, 0.29) is 18.2 Å². The molecule has 0 aliphatic carbocycles. The molecule has 0 aliphatic rings. The van der Waals surface area contributed by atoms with Crippen molar-refractivity contribution in [2.45, 2.75) is 45.8 Å². The summed E-state index contributed by atoms with van der Waals surface area (Å²) in [5.41, 5.74) is -0.206. The quantitative estimate of drug-likeness (QED) is 0.824. The van der Waals surface area contributed by atoms with Gasteiger partial charge in [0.2, 0.25) is 0 Å². The fourth-order valence-corrected chi connectivity index (χ4v) is 2.24. The van der Waals surface area contributed by atoms with E-state index >= 15 is 0 Å². The minimum absolute atomic E-state index is 0.101. The molecule has 1 amide bonds. The molecule has 116 valence electrons. The van der Waals surface area contributed by atoms with Gasteiger partial charge in [-0.25, -0.2) is 9.18 Å². The first-order valence-electron chi connectivity index (χ1n) is 6.56. The predicted octanol–water partition coefficient (Wildman–Crippen LogP) is 4.07. The zero-order valence-electron chi connectivity index (χ0n) is 12.5. The molecule has 1 rings (SSSR count). The van der Waals surface area contributed by atoms with Gasteiger partial charge < -0.3 is 10.1 Å². The average molecular weight is 360 g/mol. The van der Waals surface area contributed by atoms with Crippen molar-refractivity contribution in [1.29, 1.82) is 0 Å². The number of carbonyl (C=O) groups is 2. The third kappa shape index (κ3) is 6.25. The highest BCUT2D eigenvalue weighted by Crippen LogP contribution is 2.20. The lowest BCUT2D eigenvalue weighted by Crippen LogP contribution is -2.38. The normalized spacial score (nSPS) is 12.7. The zero-order chi connectivity index (χ0) is 16.2. The van der Waals surface area contributed by atoms with E-state index in [2.05, 4.69) is 21.2 Å². The lowest BCUT2D eigenvalue weighted by Gasteiger charge is -2.21. The lowest BCUT2D eigenvalue weighted by molar-refractivity contribution is 0.0506. The Morgan fingerprint density at radius 3 is 2.52 bits per heavy atom. The van der Waals surface area contributed by atoms with Gasteiger partial charge in [0.25, 0.3) is 0 Å². The minimum atomic E-state index is -0.589. The fourth-order valence-electron chi connectivity index (χ4n) is 1.66. The van der Waals surface area contributed by atoms with Gasteiger partial charge in [0.05, 0.1) is 0 Å². The number of ether oxygens (including phenoxy) is 1. The van der Waals surface area contributed by atoms with E-state index in [1.807, 2.05) is 0 Å². The molecule has 1 atom stereocenters. The molecular formula is C15H19BrFNO3. The second kappa shape index (κ2) is 7.02. The summed E-state index contributed by atoms with van der Waals surface area (Å²) in [6.07, 6.45) is -0.468. The Bertz CT molecular complexity index is 540. The molecule has 0 bridgehead atoms. The van der Waals surface area contributed by atoms with E-state index in [1.54, 1.807) is 27.7 Å². The van der Waals surface area contributed by atoms with Crippen LogP contribution in [0.2, 0.25) is 0 Å². The van der Waals surface area contributed by atoms with Crippen LogP contribution in [0.15, 0.2) is 22.7 Å². The third-order valence-electron chi connectivity index (χ3n) is 2.49. The number of carbonyl (C=O) groups excluding carboxylic acids is 2. The molecule has 0 fully saturated rings. The van der Waals surface area contributed by atoms with Gasteiger partial charge >= 0.3 is 6.09 Å². The topological polar surface area (TPSA) is 55.4 Å².